The molecule has 3 aromatic rings. The fraction of sp³-hybridized carbons (Fsp3) is 0.333. The number of nitrogens with one attached hydrogen (secondary N) is 2. The monoisotopic (exact) mass is 423 g/mol. The van der Waals surface area contributed by atoms with Crippen molar-refractivity contribution < 1.29 is 4.74 Å². The number of nitrogens with zero attached hydrogens (tertiary/aromatic N) is 1. The zero-order chi connectivity index (χ0) is 21.5. The van der Waals surface area contributed by atoms with Crippen molar-refractivity contribution in [2.45, 2.75) is 33.4 Å². The molecule has 0 aliphatic rings. The number of hydrogen-bond acceptors (Lipinski definition) is 3. The molecule has 0 amide bonds. The molecule has 0 saturated heterocycles. The number of aromatic amines is 1. The van der Waals surface area contributed by atoms with Crippen LogP contribution in [0, 0.1) is 13.8 Å². The first-order valence-electron chi connectivity index (χ1n) is 10.2. The molecule has 0 spiro atoms. The summed E-state index contributed by atoms with van der Waals surface area (Å²) in [5.74, 6) is 0. The lowest BCUT2D eigenvalue weighted by atomic mass is 10.1. The lowest BCUT2D eigenvalue weighted by Crippen LogP contribution is -2.40. The van der Waals surface area contributed by atoms with Gasteiger partial charge in [0.25, 0.3) is 5.56 Å². The number of methoxy groups -OCH3 is 1. The molecular weight excluding hydrogens is 394 g/mol. The van der Waals surface area contributed by atoms with Crippen molar-refractivity contribution in [2.75, 3.05) is 20.3 Å². The van der Waals surface area contributed by atoms with Gasteiger partial charge in [-0.25, -0.2) is 0 Å². The summed E-state index contributed by atoms with van der Waals surface area (Å²) in [6.07, 6.45) is 0.866. The van der Waals surface area contributed by atoms with Crippen LogP contribution in [0.2, 0.25) is 0 Å². The van der Waals surface area contributed by atoms with Crippen LogP contribution in [-0.4, -0.2) is 35.3 Å². The summed E-state index contributed by atoms with van der Waals surface area (Å²) >= 11 is 5.67. The maximum atomic E-state index is 12.8. The zero-order valence-electron chi connectivity index (χ0n) is 17.8. The Morgan fingerprint density at radius 3 is 2.63 bits per heavy atom. The molecule has 5 nitrogen and oxygen atoms in total. The van der Waals surface area contributed by atoms with Gasteiger partial charge in [-0.15, -0.1) is 0 Å². The molecule has 0 bridgehead atoms. The Morgan fingerprint density at radius 2 is 1.90 bits per heavy atom. The third kappa shape index (κ3) is 5.68. The van der Waals surface area contributed by atoms with Crippen molar-refractivity contribution in [2.24, 2.45) is 0 Å². The lowest BCUT2D eigenvalue weighted by Gasteiger charge is -2.26. The van der Waals surface area contributed by atoms with Gasteiger partial charge in [0.1, 0.15) is 0 Å². The molecule has 6 heteroatoms. The Morgan fingerprint density at radius 1 is 1.13 bits per heavy atom. The standard InChI is InChI=1S/C24H29N3O2S/c1-17-12-18(2)22-20(13-17)14-21(23(28)26-22)16-27(15-19-8-5-4-6-9-19)24(30)25-10-7-11-29-3/h4-6,8-9,12-14H,7,10-11,15-16H2,1-3H3,(H,25,30)(H,26,28). The van der Waals surface area contributed by atoms with Crippen LogP contribution in [0.25, 0.3) is 10.9 Å². The van der Waals surface area contributed by atoms with Crippen LogP contribution in [0.5, 0.6) is 0 Å². The smallest absolute Gasteiger partial charge is 0.253 e. The van der Waals surface area contributed by atoms with Crippen LogP contribution in [0.15, 0.2) is 53.3 Å². The molecule has 2 aromatic carbocycles. The van der Waals surface area contributed by atoms with E-state index in [-0.39, 0.29) is 5.56 Å². The Kier molecular flexibility index (Phi) is 7.60. The summed E-state index contributed by atoms with van der Waals surface area (Å²) < 4.78 is 5.11. The van der Waals surface area contributed by atoms with E-state index < -0.39 is 0 Å². The number of aromatic nitrogens is 1. The highest BCUT2D eigenvalue weighted by Crippen LogP contribution is 2.19. The van der Waals surface area contributed by atoms with Crippen molar-refractivity contribution in [3.63, 3.8) is 0 Å². The Bertz CT molecular complexity index is 1060. The van der Waals surface area contributed by atoms with Crippen LogP contribution in [0.4, 0.5) is 0 Å². The molecule has 0 saturated carbocycles. The molecule has 1 aromatic heterocycles. The van der Waals surface area contributed by atoms with Gasteiger partial charge < -0.3 is 19.9 Å². The topological polar surface area (TPSA) is 57.4 Å². The van der Waals surface area contributed by atoms with Crippen LogP contribution in [0.3, 0.4) is 0 Å². The second kappa shape index (κ2) is 10.4. The van der Waals surface area contributed by atoms with Crippen molar-refractivity contribution in [3.8, 4) is 0 Å². The predicted octanol–water partition coefficient (Wildman–Crippen LogP) is 4.06. The fourth-order valence-electron chi connectivity index (χ4n) is 3.58. The van der Waals surface area contributed by atoms with Gasteiger partial charge in [-0.1, -0.05) is 42.0 Å². The predicted molar refractivity (Wildman–Crippen MR) is 127 cm³/mol. The molecule has 0 radical (unpaired) electrons. The molecule has 0 unspecified atom stereocenters. The minimum Gasteiger partial charge on any atom is -0.385 e. The number of fused-ring (bicyclic) bond motifs is 1. The highest BCUT2D eigenvalue weighted by molar-refractivity contribution is 7.80. The van der Waals surface area contributed by atoms with Crippen molar-refractivity contribution in [3.05, 3.63) is 81.1 Å². The minimum atomic E-state index is -0.0744. The Labute approximate surface area is 183 Å². The molecule has 1 heterocycles. The second-order valence-electron chi connectivity index (χ2n) is 7.59. The lowest BCUT2D eigenvalue weighted by molar-refractivity contribution is 0.195. The van der Waals surface area contributed by atoms with Gasteiger partial charge >= 0.3 is 0 Å². The first kappa shape index (κ1) is 22.0. The van der Waals surface area contributed by atoms with E-state index in [1.165, 1.54) is 5.56 Å². The number of thiocarbonyl (C=S) groups is 1. The fourth-order valence-corrected chi connectivity index (χ4v) is 3.81. The van der Waals surface area contributed by atoms with Crippen LogP contribution in [-0.2, 0) is 17.8 Å². The molecule has 3 rings (SSSR count). The summed E-state index contributed by atoms with van der Waals surface area (Å²) in [7, 11) is 1.69. The largest absolute Gasteiger partial charge is 0.385 e. The summed E-state index contributed by atoms with van der Waals surface area (Å²) in [4.78, 5) is 17.9. The molecule has 158 valence electrons. The maximum Gasteiger partial charge on any atom is 0.253 e. The number of ether oxygens (including phenoxy) is 1. The Balaban J connectivity index is 1.87. The molecule has 0 fully saturated rings. The van der Waals surface area contributed by atoms with E-state index in [1.54, 1.807) is 7.11 Å². The van der Waals surface area contributed by atoms with E-state index in [4.69, 9.17) is 17.0 Å². The normalized spacial score (nSPS) is 10.9. The van der Waals surface area contributed by atoms with E-state index in [1.807, 2.05) is 36.1 Å². The van der Waals surface area contributed by atoms with Gasteiger partial charge in [0.15, 0.2) is 5.11 Å². The molecule has 0 atom stereocenters. The number of aryl methyl sites for hydroxylation is 2. The third-order valence-electron chi connectivity index (χ3n) is 5.04. The average molecular weight is 424 g/mol. The molecule has 2 N–H and O–H groups in total. The van der Waals surface area contributed by atoms with Crippen LogP contribution >= 0.6 is 12.2 Å². The number of benzene rings is 2. The summed E-state index contributed by atoms with van der Waals surface area (Å²) in [5.41, 5.74) is 4.91. The second-order valence-corrected chi connectivity index (χ2v) is 7.98. The van der Waals surface area contributed by atoms with Gasteiger partial charge in [0, 0.05) is 32.4 Å². The number of rotatable bonds is 8. The van der Waals surface area contributed by atoms with Gasteiger partial charge in [-0.05, 0) is 61.1 Å². The zero-order valence-corrected chi connectivity index (χ0v) is 18.6. The van der Waals surface area contributed by atoms with Gasteiger partial charge in [0.05, 0.1) is 12.1 Å². The summed E-state index contributed by atoms with van der Waals surface area (Å²) in [6, 6.07) is 16.3. The maximum absolute atomic E-state index is 12.8. The SMILES string of the molecule is COCCCNC(=S)N(Cc1ccccc1)Cc1cc2cc(C)cc(C)c2[nH]c1=O. The van der Waals surface area contributed by atoms with E-state index >= 15 is 0 Å². The minimum absolute atomic E-state index is 0.0744. The number of pyridine rings is 1. The van der Waals surface area contributed by atoms with Crippen LogP contribution < -0.4 is 10.9 Å². The molecule has 30 heavy (non-hydrogen) atoms. The van der Waals surface area contributed by atoms with Gasteiger partial charge in [0.2, 0.25) is 0 Å². The van der Waals surface area contributed by atoms with Gasteiger partial charge in [-0.3, -0.25) is 4.79 Å². The van der Waals surface area contributed by atoms with Crippen molar-refractivity contribution in [1.82, 2.24) is 15.2 Å². The molecule has 0 aliphatic heterocycles. The Hall–Kier alpha value is -2.70. The van der Waals surface area contributed by atoms with Crippen molar-refractivity contribution >= 4 is 28.2 Å². The number of hydrogen-bond donors (Lipinski definition) is 2. The third-order valence-corrected chi connectivity index (χ3v) is 5.44. The highest BCUT2D eigenvalue weighted by Gasteiger charge is 2.14. The van der Waals surface area contributed by atoms with E-state index in [2.05, 4.69) is 41.5 Å². The average Bonchev–Trinajstić information content (AvgIpc) is 2.72. The first-order chi connectivity index (χ1) is 14.5. The van der Waals surface area contributed by atoms with E-state index in [9.17, 15) is 4.79 Å². The molecule has 0 aliphatic carbocycles. The number of H-pyrrole nitrogens is 1. The quantitative estimate of drug-likeness (QED) is 0.423. The van der Waals surface area contributed by atoms with Crippen molar-refractivity contribution in [1.29, 1.82) is 0 Å². The highest BCUT2D eigenvalue weighted by atomic mass is 32.1. The molecular formula is C24H29N3O2S. The van der Waals surface area contributed by atoms with Gasteiger partial charge in [-0.2, -0.15) is 0 Å². The van der Waals surface area contributed by atoms with E-state index in [0.29, 0.717) is 30.4 Å². The van der Waals surface area contributed by atoms with E-state index in [0.717, 1.165) is 35.0 Å². The first-order valence-corrected chi connectivity index (χ1v) is 10.6. The van der Waals surface area contributed by atoms with Crippen LogP contribution in [0.1, 0.15) is 28.7 Å². The summed E-state index contributed by atoms with van der Waals surface area (Å²) in [6.45, 7) is 6.55. The summed E-state index contributed by atoms with van der Waals surface area (Å²) in [5, 5.41) is 4.97.